The first-order valence-corrected chi connectivity index (χ1v) is 5.26. The summed E-state index contributed by atoms with van der Waals surface area (Å²) < 4.78 is 0. The quantitative estimate of drug-likeness (QED) is 0.800. The largest absolute Gasteiger partial charge is 0.352 e. The molecule has 1 aromatic carbocycles. The fourth-order valence-electron chi connectivity index (χ4n) is 1.16. The molecule has 82 valence electrons. The summed E-state index contributed by atoms with van der Waals surface area (Å²) in [6.45, 7) is 1.18. The van der Waals surface area contributed by atoms with E-state index in [0.717, 1.165) is 5.56 Å². The van der Waals surface area contributed by atoms with Crippen LogP contribution in [0.15, 0.2) is 24.3 Å². The number of hydrogen-bond acceptors (Lipinski definition) is 2. The molecule has 0 atom stereocenters. The van der Waals surface area contributed by atoms with Gasteiger partial charge in [-0.05, 0) is 18.7 Å². The fourth-order valence-corrected chi connectivity index (χ4v) is 1.37. The molecule has 0 fully saturated rings. The Morgan fingerprint density at radius 1 is 1.40 bits per heavy atom. The van der Waals surface area contributed by atoms with Gasteiger partial charge < -0.3 is 10.6 Å². The van der Waals surface area contributed by atoms with Crippen LogP contribution in [0.4, 0.5) is 0 Å². The Morgan fingerprint density at radius 3 is 2.80 bits per heavy atom. The van der Waals surface area contributed by atoms with Gasteiger partial charge in [0.05, 0.1) is 0 Å². The third kappa shape index (κ3) is 4.32. The van der Waals surface area contributed by atoms with Gasteiger partial charge in [0.2, 0.25) is 5.91 Å². The summed E-state index contributed by atoms with van der Waals surface area (Å²) in [6.07, 6.45) is 0.487. The van der Waals surface area contributed by atoms with Gasteiger partial charge in [-0.1, -0.05) is 29.8 Å². The molecule has 1 rings (SSSR count). The van der Waals surface area contributed by atoms with E-state index in [-0.39, 0.29) is 5.91 Å². The second kappa shape index (κ2) is 6.43. The minimum absolute atomic E-state index is 0.0317. The van der Waals surface area contributed by atoms with E-state index < -0.39 is 0 Å². The lowest BCUT2D eigenvalue weighted by Gasteiger charge is -2.06. The van der Waals surface area contributed by atoms with E-state index >= 15 is 0 Å². The number of hydrogen-bond donors (Lipinski definition) is 2. The van der Waals surface area contributed by atoms with Crippen LogP contribution >= 0.6 is 11.6 Å². The number of nitrogens with one attached hydrogen (secondary N) is 2. The zero-order valence-electron chi connectivity index (χ0n) is 8.72. The molecule has 0 aliphatic heterocycles. The summed E-state index contributed by atoms with van der Waals surface area (Å²) in [6, 6.07) is 7.49. The molecule has 1 amide bonds. The van der Waals surface area contributed by atoms with Crippen molar-refractivity contribution in [1.29, 1.82) is 0 Å². The second-order valence-electron chi connectivity index (χ2n) is 3.22. The van der Waals surface area contributed by atoms with Crippen molar-refractivity contribution >= 4 is 17.5 Å². The van der Waals surface area contributed by atoms with Crippen LogP contribution < -0.4 is 10.6 Å². The summed E-state index contributed by atoms with van der Waals surface area (Å²) in [5.74, 6) is 0.0317. The summed E-state index contributed by atoms with van der Waals surface area (Å²) >= 11 is 5.95. The van der Waals surface area contributed by atoms with Gasteiger partial charge in [-0.3, -0.25) is 4.79 Å². The van der Waals surface area contributed by atoms with Gasteiger partial charge in [0.1, 0.15) is 0 Å². The molecule has 15 heavy (non-hydrogen) atoms. The van der Waals surface area contributed by atoms with Crippen molar-refractivity contribution in [3.05, 3.63) is 34.9 Å². The van der Waals surface area contributed by atoms with E-state index in [9.17, 15) is 4.79 Å². The molecule has 0 radical (unpaired) electrons. The number of benzene rings is 1. The summed E-state index contributed by atoms with van der Waals surface area (Å²) in [5, 5.41) is 6.42. The molecule has 0 aliphatic rings. The average molecular weight is 227 g/mol. The Kier molecular flexibility index (Phi) is 5.15. The zero-order chi connectivity index (χ0) is 11.1. The highest BCUT2D eigenvalue weighted by molar-refractivity contribution is 6.31. The highest BCUT2D eigenvalue weighted by Crippen LogP contribution is 2.14. The summed E-state index contributed by atoms with van der Waals surface area (Å²) in [7, 11) is 1.82. The van der Waals surface area contributed by atoms with Gasteiger partial charge >= 0.3 is 0 Å². The molecule has 2 N–H and O–H groups in total. The number of rotatable bonds is 5. The van der Waals surface area contributed by atoms with Gasteiger partial charge in [-0.25, -0.2) is 0 Å². The van der Waals surface area contributed by atoms with E-state index in [4.69, 9.17) is 11.6 Å². The van der Waals surface area contributed by atoms with E-state index in [1.807, 2.05) is 31.3 Å². The predicted molar refractivity (Wildman–Crippen MR) is 61.8 cm³/mol. The molecule has 0 unspecified atom stereocenters. The monoisotopic (exact) mass is 226 g/mol. The molecule has 3 nitrogen and oxygen atoms in total. The Bertz CT molecular complexity index is 328. The minimum atomic E-state index is 0.0317. The lowest BCUT2D eigenvalue weighted by Crippen LogP contribution is -2.26. The highest BCUT2D eigenvalue weighted by Gasteiger charge is 2.02. The predicted octanol–water partition coefficient (Wildman–Crippen LogP) is 1.57. The van der Waals surface area contributed by atoms with Crippen molar-refractivity contribution in [2.75, 3.05) is 13.6 Å². The number of halogens is 1. The van der Waals surface area contributed by atoms with Crippen molar-refractivity contribution < 1.29 is 4.79 Å². The first kappa shape index (κ1) is 12.0. The van der Waals surface area contributed by atoms with Crippen molar-refractivity contribution in [3.8, 4) is 0 Å². The van der Waals surface area contributed by atoms with Crippen LogP contribution in [0.5, 0.6) is 0 Å². The summed E-state index contributed by atoms with van der Waals surface area (Å²) in [4.78, 5) is 11.3. The maximum absolute atomic E-state index is 11.3. The Hall–Kier alpha value is -1.06. The summed E-state index contributed by atoms with van der Waals surface area (Å²) in [5.41, 5.74) is 0.942. The molecular weight excluding hydrogens is 212 g/mol. The first-order chi connectivity index (χ1) is 7.24. The third-order valence-electron chi connectivity index (χ3n) is 2.04. The standard InChI is InChI=1S/C11H15ClN2O/c1-13-7-6-11(15)14-8-9-4-2-3-5-10(9)12/h2-5,13H,6-8H2,1H3,(H,14,15). The molecule has 0 aromatic heterocycles. The van der Waals surface area contributed by atoms with E-state index in [1.165, 1.54) is 0 Å². The topological polar surface area (TPSA) is 41.1 Å². The zero-order valence-corrected chi connectivity index (χ0v) is 9.47. The van der Waals surface area contributed by atoms with Gasteiger partial charge in [0.25, 0.3) is 0 Å². The number of carbonyl (C=O) groups is 1. The molecule has 0 heterocycles. The maximum atomic E-state index is 11.3. The second-order valence-corrected chi connectivity index (χ2v) is 3.63. The van der Waals surface area contributed by atoms with Crippen LogP contribution in [0.2, 0.25) is 5.02 Å². The van der Waals surface area contributed by atoms with Crippen LogP contribution in [-0.4, -0.2) is 19.5 Å². The number of amides is 1. The normalized spacial score (nSPS) is 10.0. The molecule has 0 saturated heterocycles. The fraction of sp³-hybridized carbons (Fsp3) is 0.364. The average Bonchev–Trinajstić information content (AvgIpc) is 2.25. The molecule has 4 heteroatoms. The Balaban J connectivity index is 2.37. The van der Waals surface area contributed by atoms with Crippen LogP contribution in [0.3, 0.4) is 0 Å². The van der Waals surface area contributed by atoms with Gasteiger partial charge in [-0.2, -0.15) is 0 Å². The molecule has 0 aliphatic carbocycles. The minimum Gasteiger partial charge on any atom is -0.352 e. The van der Waals surface area contributed by atoms with Gasteiger partial charge in [0.15, 0.2) is 0 Å². The Morgan fingerprint density at radius 2 is 2.13 bits per heavy atom. The van der Waals surface area contributed by atoms with Gasteiger partial charge in [-0.15, -0.1) is 0 Å². The van der Waals surface area contributed by atoms with Crippen molar-refractivity contribution in [1.82, 2.24) is 10.6 Å². The van der Waals surface area contributed by atoms with E-state index in [0.29, 0.717) is 24.5 Å². The van der Waals surface area contributed by atoms with Crippen LogP contribution in [-0.2, 0) is 11.3 Å². The lowest BCUT2D eigenvalue weighted by molar-refractivity contribution is -0.121. The lowest BCUT2D eigenvalue weighted by atomic mass is 10.2. The smallest absolute Gasteiger partial charge is 0.221 e. The Labute approximate surface area is 94.8 Å². The molecule has 0 spiro atoms. The van der Waals surface area contributed by atoms with Crippen molar-refractivity contribution in [3.63, 3.8) is 0 Å². The van der Waals surface area contributed by atoms with E-state index in [2.05, 4.69) is 10.6 Å². The van der Waals surface area contributed by atoms with Gasteiger partial charge in [0, 0.05) is 24.5 Å². The molecular formula is C11H15ClN2O. The molecule has 0 bridgehead atoms. The highest BCUT2D eigenvalue weighted by atomic mass is 35.5. The van der Waals surface area contributed by atoms with Crippen LogP contribution in [0, 0.1) is 0 Å². The van der Waals surface area contributed by atoms with E-state index in [1.54, 1.807) is 0 Å². The molecule has 0 saturated carbocycles. The van der Waals surface area contributed by atoms with Crippen molar-refractivity contribution in [2.24, 2.45) is 0 Å². The number of carbonyl (C=O) groups excluding carboxylic acids is 1. The third-order valence-corrected chi connectivity index (χ3v) is 2.40. The first-order valence-electron chi connectivity index (χ1n) is 4.88. The van der Waals surface area contributed by atoms with Crippen LogP contribution in [0.25, 0.3) is 0 Å². The van der Waals surface area contributed by atoms with Crippen LogP contribution in [0.1, 0.15) is 12.0 Å². The molecule has 1 aromatic rings. The SMILES string of the molecule is CNCCC(=O)NCc1ccccc1Cl. The maximum Gasteiger partial charge on any atom is 0.221 e. The van der Waals surface area contributed by atoms with Crippen molar-refractivity contribution in [2.45, 2.75) is 13.0 Å².